The highest BCUT2D eigenvalue weighted by molar-refractivity contribution is 7.07. The second kappa shape index (κ2) is 7.46. The van der Waals surface area contributed by atoms with Crippen LogP contribution in [0.3, 0.4) is 0 Å². The molecule has 0 saturated carbocycles. The van der Waals surface area contributed by atoms with E-state index in [9.17, 15) is 0 Å². The van der Waals surface area contributed by atoms with Crippen molar-refractivity contribution in [1.82, 2.24) is 14.9 Å². The highest BCUT2D eigenvalue weighted by Crippen LogP contribution is 2.12. The molecule has 1 atom stereocenters. The van der Waals surface area contributed by atoms with Gasteiger partial charge in [-0.1, -0.05) is 6.92 Å². The maximum atomic E-state index is 4.49. The van der Waals surface area contributed by atoms with Crippen LogP contribution in [0.1, 0.15) is 31.7 Å². The first-order chi connectivity index (χ1) is 9.33. The fraction of sp³-hybridized carbons (Fsp3) is 0.533. The minimum Gasteiger partial charge on any atom is -0.335 e. The molecule has 2 aromatic heterocycles. The van der Waals surface area contributed by atoms with Crippen LogP contribution >= 0.6 is 11.3 Å². The zero-order chi connectivity index (χ0) is 13.5. The third kappa shape index (κ3) is 4.18. The quantitative estimate of drug-likeness (QED) is 0.803. The van der Waals surface area contributed by atoms with Crippen LogP contribution in [-0.4, -0.2) is 22.1 Å². The Labute approximate surface area is 119 Å². The van der Waals surface area contributed by atoms with Crippen LogP contribution in [0, 0.1) is 0 Å². The lowest BCUT2D eigenvalue weighted by Crippen LogP contribution is -2.34. The lowest BCUT2D eigenvalue weighted by Gasteiger charge is -2.18. The Kier molecular flexibility index (Phi) is 5.61. The van der Waals surface area contributed by atoms with E-state index in [4.69, 9.17) is 0 Å². The molecule has 2 aromatic rings. The zero-order valence-electron chi connectivity index (χ0n) is 11.8. The van der Waals surface area contributed by atoms with Gasteiger partial charge in [0.05, 0.1) is 0 Å². The van der Waals surface area contributed by atoms with Crippen molar-refractivity contribution in [2.45, 2.75) is 45.7 Å². The van der Waals surface area contributed by atoms with Crippen molar-refractivity contribution in [1.29, 1.82) is 0 Å². The van der Waals surface area contributed by atoms with Crippen molar-refractivity contribution in [3.8, 4) is 0 Å². The summed E-state index contributed by atoms with van der Waals surface area (Å²) in [7, 11) is 0. The summed E-state index contributed by atoms with van der Waals surface area (Å²) in [4.78, 5) is 4.49. The lowest BCUT2D eigenvalue weighted by molar-refractivity contribution is 0.486. The molecule has 0 fully saturated rings. The molecule has 4 heteroatoms. The van der Waals surface area contributed by atoms with Crippen LogP contribution in [0.25, 0.3) is 0 Å². The molecule has 2 heterocycles. The Hall–Kier alpha value is -1.13. The van der Waals surface area contributed by atoms with Crippen LogP contribution in [-0.2, 0) is 19.4 Å². The van der Waals surface area contributed by atoms with E-state index in [1.165, 1.54) is 17.8 Å². The average molecular weight is 277 g/mol. The smallest absolute Gasteiger partial charge is 0.110 e. The molecule has 1 N–H and O–H groups in total. The van der Waals surface area contributed by atoms with E-state index in [-0.39, 0.29) is 0 Å². The van der Waals surface area contributed by atoms with Gasteiger partial charge in [0, 0.05) is 31.4 Å². The maximum Gasteiger partial charge on any atom is 0.110 e. The van der Waals surface area contributed by atoms with E-state index in [0.29, 0.717) is 6.04 Å². The van der Waals surface area contributed by atoms with Crippen molar-refractivity contribution in [3.05, 3.63) is 40.6 Å². The summed E-state index contributed by atoms with van der Waals surface area (Å²) in [6.07, 6.45) is 7.22. The van der Waals surface area contributed by atoms with Crippen LogP contribution in [0.2, 0.25) is 0 Å². The highest BCUT2D eigenvalue weighted by atomic mass is 32.1. The fourth-order valence-corrected chi connectivity index (χ4v) is 2.98. The molecule has 0 bridgehead atoms. The van der Waals surface area contributed by atoms with Crippen molar-refractivity contribution in [3.63, 3.8) is 0 Å². The first-order valence-electron chi connectivity index (χ1n) is 7.08. The van der Waals surface area contributed by atoms with Gasteiger partial charge in [-0.25, -0.2) is 4.98 Å². The molecule has 0 aromatic carbocycles. The molecule has 1 unspecified atom stereocenters. The molecular formula is C15H23N3S. The average Bonchev–Trinajstić information content (AvgIpc) is 3.07. The number of rotatable bonds is 8. The topological polar surface area (TPSA) is 29.9 Å². The van der Waals surface area contributed by atoms with Crippen molar-refractivity contribution < 1.29 is 0 Å². The molecule has 2 rings (SSSR count). The minimum absolute atomic E-state index is 0.474. The molecule has 0 saturated heterocycles. The zero-order valence-corrected chi connectivity index (χ0v) is 12.6. The van der Waals surface area contributed by atoms with Crippen molar-refractivity contribution >= 4 is 11.3 Å². The van der Waals surface area contributed by atoms with Gasteiger partial charge in [0.15, 0.2) is 0 Å². The molecule has 0 aliphatic carbocycles. The molecule has 19 heavy (non-hydrogen) atoms. The van der Waals surface area contributed by atoms with Crippen molar-refractivity contribution in [2.24, 2.45) is 0 Å². The van der Waals surface area contributed by atoms with Gasteiger partial charge in [0.2, 0.25) is 0 Å². The van der Waals surface area contributed by atoms with Gasteiger partial charge >= 0.3 is 0 Å². The van der Waals surface area contributed by atoms with Gasteiger partial charge in [-0.2, -0.15) is 11.3 Å². The Bertz CT molecular complexity index is 461. The van der Waals surface area contributed by atoms with Gasteiger partial charge in [-0.15, -0.1) is 0 Å². The first kappa shape index (κ1) is 14.3. The van der Waals surface area contributed by atoms with E-state index in [1.54, 1.807) is 11.3 Å². The van der Waals surface area contributed by atoms with Gasteiger partial charge < -0.3 is 9.88 Å². The van der Waals surface area contributed by atoms with Crippen molar-refractivity contribution in [2.75, 3.05) is 6.54 Å². The number of hydrogen-bond acceptors (Lipinski definition) is 3. The third-order valence-corrected chi connectivity index (χ3v) is 4.05. The predicted octanol–water partition coefficient (Wildman–Crippen LogP) is 3.12. The normalized spacial score (nSPS) is 12.7. The lowest BCUT2D eigenvalue weighted by atomic mass is 10.1. The van der Waals surface area contributed by atoms with E-state index < -0.39 is 0 Å². The standard InChI is InChI=1S/C15H23N3S/c1-3-6-16-14(10-13-5-9-19-12-13)11-15-17-7-8-18(15)4-2/h5,7-9,12,14,16H,3-4,6,10-11H2,1-2H3. The highest BCUT2D eigenvalue weighted by Gasteiger charge is 2.13. The number of thiophene rings is 1. The van der Waals surface area contributed by atoms with E-state index >= 15 is 0 Å². The van der Waals surface area contributed by atoms with Gasteiger partial charge in [-0.3, -0.25) is 0 Å². The number of hydrogen-bond donors (Lipinski definition) is 1. The summed E-state index contributed by atoms with van der Waals surface area (Å²) in [5, 5.41) is 8.04. The van der Waals surface area contributed by atoms with Gasteiger partial charge in [0.1, 0.15) is 5.82 Å². The predicted molar refractivity (Wildman–Crippen MR) is 81.7 cm³/mol. The largest absolute Gasteiger partial charge is 0.335 e. The summed E-state index contributed by atoms with van der Waals surface area (Å²) >= 11 is 1.77. The Morgan fingerprint density at radius 3 is 2.95 bits per heavy atom. The summed E-state index contributed by atoms with van der Waals surface area (Å²) in [6.45, 7) is 6.44. The van der Waals surface area contributed by atoms with Crippen LogP contribution in [0.4, 0.5) is 0 Å². The Balaban J connectivity index is 2.00. The third-order valence-electron chi connectivity index (χ3n) is 3.32. The monoisotopic (exact) mass is 277 g/mol. The second-order valence-electron chi connectivity index (χ2n) is 4.82. The molecule has 104 valence electrons. The van der Waals surface area contributed by atoms with Crippen LogP contribution < -0.4 is 5.32 Å². The molecule has 0 radical (unpaired) electrons. The summed E-state index contributed by atoms with van der Waals surface area (Å²) in [5.41, 5.74) is 1.42. The molecule has 0 amide bonds. The summed E-state index contributed by atoms with van der Waals surface area (Å²) in [6, 6.07) is 2.69. The maximum absolute atomic E-state index is 4.49. The second-order valence-corrected chi connectivity index (χ2v) is 5.60. The Morgan fingerprint density at radius 1 is 1.37 bits per heavy atom. The van der Waals surface area contributed by atoms with Crippen LogP contribution in [0.15, 0.2) is 29.2 Å². The first-order valence-corrected chi connectivity index (χ1v) is 8.02. The molecule has 0 aliphatic rings. The molecule has 0 aliphatic heterocycles. The van der Waals surface area contributed by atoms with E-state index in [2.05, 4.69) is 51.7 Å². The fourth-order valence-electron chi connectivity index (χ4n) is 2.30. The molecule has 0 spiro atoms. The minimum atomic E-state index is 0.474. The van der Waals surface area contributed by atoms with Gasteiger partial charge in [-0.05, 0) is 48.7 Å². The van der Waals surface area contributed by atoms with Gasteiger partial charge in [0.25, 0.3) is 0 Å². The van der Waals surface area contributed by atoms with E-state index in [0.717, 1.165) is 25.9 Å². The summed E-state index contributed by atoms with van der Waals surface area (Å²) in [5.74, 6) is 1.19. The molecular weight excluding hydrogens is 254 g/mol. The number of imidazole rings is 1. The van der Waals surface area contributed by atoms with Crippen LogP contribution in [0.5, 0.6) is 0 Å². The summed E-state index contributed by atoms with van der Waals surface area (Å²) < 4.78 is 2.23. The number of aryl methyl sites for hydroxylation is 1. The molecule has 3 nitrogen and oxygen atoms in total. The number of nitrogens with one attached hydrogen (secondary N) is 1. The Morgan fingerprint density at radius 2 is 2.26 bits per heavy atom. The SMILES string of the molecule is CCCNC(Cc1ccsc1)Cc1nccn1CC. The number of nitrogens with zero attached hydrogens (tertiary/aromatic N) is 2. The van der Waals surface area contributed by atoms with E-state index in [1.807, 2.05) is 6.20 Å². The number of aromatic nitrogens is 2.